The SMILES string of the molecule is NCC1CCN(Cc2scnc2C2CC2)CC1. The molecule has 0 radical (unpaired) electrons. The Kier molecular flexibility index (Phi) is 3.45. The van der Waals surface area contributed by atoms with E-state index in [0.29, 0.717) is 0 Å². The van der Waals surface area contributed by atoms with E-state index < -0.39 is 0 Å². The van der Waals surface area contributed by atoms with Crippen molar-refractivity contribution in [1.29, 1.82) is 0 Å². The number of thiazole rings is 1. The molecule has 3 rings (SSSR count). The normalized spacial score (nSPS) is 23.1. The molecule has 1 aliphatic carbocycles. The lowest BCUT2D eigenvalue weighted by Gasteiger charge is -2.31. The van der Waals surface area contributed by atoms with Gasteiger partial charge in [0.25, 0.3) is 0 Å². The minimum Gasteiger partial charge on any atom is -0.330 e. The van der Waals surface area contributed by atoms with Crippen molar-refractivity contribution in [3.05, 3.63) is 16.1 Å². The zero-order valence-corrected chi connectivity index (χ0v) is 11.1. The first kappa shape index (κ1) is 11.6. The summed E-state index contributed by atoms with van der Waals surface area (Å²) < 4.78 is 0. The number of likely N-dealkylation sites (tertiary alicyclic amines) is 1. The third-order valence-electron chi connectivity index (χ3n) is 4.04. The second kappa shape index (κ2) is 5.04. The van der Waals surface area contributed by atoms with Gasteiger partial charge < -0.3 is 5.73 Å². The highest BCUT2D eigenvalue weighted by atomic mass is 32.1. The fourth-order valence-corrected chi connectivity index (χ4v) is 3.56. The summed E-state index contributed by atoms with van der Waals surface area (Å²) >= 11 is 1.84. The van der Waals surface area contributed by atoms with Gasteiger partial charge in [-0.05, 0) is 51.2 Å². The lowest BCUT2D eigenvalue weighted by atomic mass is 9.97. The van der Waals surface area contributed by atoms with Crippen molar-refractivity contribution in [2.45, 2.75) is 38.1 Å². The van der Waals surface area contributed by atoms with Crippen LogP contribution < -0.4 is 5.73 Å². The van der Waals surface area contributed by atoms with Crippen molar-refractivity contribution in [1.82, 2.24) is 9.88 Å². The van der Waals surface area contributed by atoms with Crippen molar-refractivity contribution in [3.8, 4) is 0 Å². The molecule has 1 saturated carbocycles. The summed E-state index contributed by atoms with van der Waals surface area (Å²) in [5.41, 5.74) is 9.15. The highest BCUT2D eigenvalue weighted by molar-refractivity contribution is 7.09. The molecule has 1 aromatic heterocycles. The predicted octanol–water partition coefficient (Wildman–Crippen LogP) is 2.19. The number of aromatic nitrogens is 1. The summed E-state index contributed by atoms with van der Waals surface area (Å²) in [6.45, 7) is 4.41. The Balaban J connectivity index is 1.58. The number of rotatable bonds is 4. The molecule has 0 spiro atoms. The van der Waals surface area contributed by atoms with Crippen LogP contribution in [0.25, 0.3) is 0 Å². The Morgan fingerprint density at radius 1 is 1.29 bits per heavy atom. The third kappa shape index (κ3) is 2.69. The topological polar surface area (TPSA) is 42.1 Å². The summed E-state index contributed by atoms with van der Waals surface area (Å²) in [7, 11) is 0. The lowest BCUT2D eigenvalue weighted by molar-refractivity contribution is 0.181. The Hall–Kier alpha value is -0.450. The summed E-state index contributed by atoms with van der Waals surface area (Å²) in [6, 6.07) is 0. The minimum absolute atomic E-state index is 0.760. The number of piperidine rings is 1. The van der Waals surface area contributed by atoms with Crippen molar-refractivity contribution in [3.63, 3.8) is 0 Å². The maximum Gasteiger partial charge on any atom is 0.0798 e. The number of nitrogens with two attached hydrogens (primary N) is 1. The molecular weight excluding hydrogens is 230 g/mol. The standard InChI is InChI=1S/C13H21N3S/c14-7-10-3-5-16(6-4-10)8-12-13(11-1-2-11)15-9-17-12/h9-11H,1-8,14H2. The first-order valence-electron chi connectivity index (χ1n) is 6.71. The van der Waals surface area contributed by atoms with E-state index in [4.69, 9.17) is 5.73 Å². The van der Waals surface area contributed by atoms with Gasteiger partial charge in [-0.25, -0.2) is 4.98 Å². The van der Waals surface area contributed by atoms with Gasteiger partial charge in [-0.1, -0.05) is 0 Å². The Bertz CT molecular complexity index is 364. The Morgan fingerprint density at radius 2 is 2.06 bits per heavy atom. The van der Waals surface area contributed by atoms with Crippen LogP contribution >= 0.6 is 11.3 Å². The number of nitrogens with zero attached hydrogens (tertiary/aromatic N) is 2. The molecule has 4 heteroatoms. The second-order valence-corrected chi connectivity index (χ2v) is 6.33. The average Bonchev–Trinajstić information content (AvgIpc) is 3.11. The molecular formula is C13H21N3S. The van der Waals surface area contributed by atoms with Gasteiger partial charge in [0.15, 0.2) is 0 Å². The van der Waals surface area contributed by atoms with Gasteiger partial charge in [-0.3, -0.25) is 4.90 Å². The molecule has 0 aromatic carbocycles. The predicted molar refractivity (Wildman–Crippen MR) is 71.1 cm³/mol. The summed E-state index contributed by atoms with van der Waals surface area (Å²) in [6.07, 6.45) is 5.25. The smallest absolute Gasteiger partial charge is 0.0798 e. The lowest BCUT2D eigenvalue weighted by Crippen LogP contribution is -2.35. The van der Waals surface area contributed by atoms with Crippen LogP contribution in [0.5, 0.6) is 0 Å². The van der Waals surface area contributed by atoms with E-state index in [1.807, 2.05) is 16.8 Å². The van der Waals surface area contributed by atoms with E-state index in [-0.39, 0.29) is 0 Å². The van der Waals surface area contributed by atoms with Gasteiger partial charge in [-0.2, -0.15) is 0 Å². The van der Waals surface area contributed by atoms with Gasteiger partial charge in [0.2, 0.25) is 0 Å². The summed E-state index contributed by atoms with van der Waals surface area (Å²) in [5.74, 6) is 1.55. The Labute approximate surface area is 107 Å². The van der Waals surface area contributed by atoms with Crippen LogP contribution in [0.1, 0.15) is 42.2 Å². The van der Waals surface area contributed by atoms with Gasteiger partial charge in [0.05, 0.1) is 11.2 Å². The van der Waals surface area contributed by atoms with Gasteiger partial charge in [0, 0.05) is 17.3 Å². The molecule has 2 aliphatic rings. The summed E-state index contributed by atoms with van der Waals surface area (Å²) in [5, 5.41) is 0. The number of hydrogen-bond acceptors (Lipinski definition) is 4. The zero-order chi connectivity index (χ0) is 11.7. The van der Waals surface area contributed by atoms with Crippen LogP contribution in [0.2, 0.25) is 0 Å². The molecule has 0 bridgehead atoms. The van der Waals surface area contributed by atoms with Crippen molar-refractivity contribution in [2.24, 2.45) is 11.7 Å². The van der Waals surface area contributed by atoms with E-state index in [9.17, 15) is 0 Å². The monoisotopic (exact) mass is 251 g/mol. The van der Waals surface area contributed by atoms with E-state index >= 15 is 0 Å². The molecule has 0 unspecified atom stereocenters. The van der Waals surface area contributed by atoms with E-state index in [2.05, 4.69) is 9.88 Å². The van der Waals surface area contributed by atoms with Crippen molar-refractivity contribution in [2.75, 3.05) is 19.6 Å². The van der Waals surface area contributed by atoms with E-state index in [1.54, 1.807) is 0 Å². The Morgan fingerprint density at radius 3 is 2.71 bits per heavy atom. The second-order valence-electron chi connectivity index (χ2n) is 5.39. The quantitative estimate of drug-likeness (QED) is 0.892. The molecule has 2 N–H and O–H groups in total. The summed E-state index contributed by atoms with van der Waals surface area (Å²) in [4.78, 5) is 8.63. The van der Waals surface area contributed by atoms with Crippen LogP contribution in [-0.4, -0.2) is 29.5 Å². The molecule has 0 amide bonds. The molecule has 0 atom stereocenters. The molecule has 94 valence electrons. The van der Waals surface area contributed by atoms with Crippen LogP contribution in [0.3, 0.4) is 0 Å². The fourth-order valence-electron chi connectivity index (χ4n) is 2.67. The third-order valence-corrected chi connectivity index (χ3v) is 4.88. The maximum atomic E-state index is 5.73. The first-order chi connectivity index (χ1) is 8.36. The van der Waals surface area contributed by atoms with E-state index in [0.717, 1.165) is 24.9 Å². The average molecular weight is 251 g/mol. The molecule has 3 nitrogen and oxygen atoms in total. The van der Waals surface area contributed by atoms with Crippen LogP contribution in [0, 0.1) is 5.92 Å². The van der Waals surface area contributed by atoms with Crippen molar-refractivity contribution < 1.29 is 0 Å². The highest BCUT2D eigenvalue weighted by Gasteiger charge is 2.29. The van der Waals surface area contributed by atoms with Crippen LogP contribution in [0.15, 0.2) is 5.51 Å². The van der Waals surface area contributed by atoms with Crippen LogP contribution in [-0.2, 0) is 6.54 Å². The van der Waals surface area contributed by atoms with Gasteiger partial charge in [0.1, 0.15) is 0 Å². The minimum atomic E-state index is 0.760. The fraction of sp³-hybridized carbons (Fsp3) is 0.769. The van der Waals surface area contributed by atoms with Crippen LogP contribution in [0.4, 0.5) is 0 Å². The first-order valence-corrected chi connectivity index (χ1v) is 7.59. The molecule has 1 aromatic rings. The van der Waals surface area contributed by atoms with E-state index in [1.165, 1.54) is 49.3 Å². The van der Waals surface area contributed by atoms with Gasteiger partial charge >= 0.3 is 0 Å². The van der Waals surface area contributed by atoms with Gasteiger partial charge in [-0.15, -0.1) is 11.3 Å². The zero-order valence-electron chi connectivity index (χ0n) is 10.3. The molecule has 2 heterocycles. The maximum absolute atomic E-state index is 5.73. The highest BCUT2D eigenvalue weighted by Crippen LogP contribution is 2.42. The molecule has 17 heavy (non-hydrogen) atoms. The van der Waals surface area contributed by atoms with Crippen molar-refractivity contribution >= 4 is 11.3 Å². The largest absolute Gasteiger partial charge is 0.330 e. The molecule has 1 saturated heterocycles. The number of hydrogen-bond donors (Lipinski definition) is 1. The molecule has 1 aliphatic heterocycles. The molecule has 2 fully saturated rings.